The minimum absolute atomic E-state index is 0.0718. The molecule has 0 bridgehead atoms. The average Bonchev–Trinajstić information content (AvgIpc) is 2.44. The zero-order valence-corrected chi connectivity index (χ0v) is 12.6. The molecule has 3 nitrogen and oxygen atoms in total. The molecule has 0 spiro atoms. The first kappa shape index (κ1) is 16.0. The molecule has 1 amide bonds. The lowest BCUT2D eigenvalue weighted by atomic mass is 10.0. The standard InChI is InChI=1S/C17H22N2O/c1-5-13(4)19-17(20)16(11-18)10-14-6-8-15(9-7-14)12(2)3/h6-10,12-13H,5H2,1-4H3,(H,19,20)/b16-10+/t13-/m1/s1. The van der Waals surface area contributed by atoms with Gasteiger partial charge >= 0.3 is 0 Å². The largest absolute Gasteiger partial charge is 0.349 e. The van der Waals surface area contributed by atoms with Gasteiger partial charge in [-0.2, -0.15) is 5.26 Å². The van der Waals surface area contributed by atoms with E-state index in [2.05, 4.69) is 19.2 Å². The minimum atomic E-state index is -0.310. The van der Waals surface area contributed by atoms with Crippen LogP contribution in [-0.4, -0.2) is 11.9 Å². The van der Waals surface area contributed by atoms with Crippen molar-refractivity contribution in [1.82, 2.24) is 5.32 Å². The van der Waals surface area contributed by atoms with Gasteiger partial charge in [0.1, 0.15) is 11.6 Å². The molecule has 0 aliphatic rings. The van der Waals surface area contributed by atoms with Crippen LogP contribution in [0.25, 0.3) is 6.08 Å². The fourth-order valence-electron chi connectivity index (χ4n) is 1.70. The maximum Gasteiger partial charge on any atom is 0.262 e. The topological polar surface area (TPSA) is 52.9 Å². The Balaban J connectivity index is 2.89. The molecule has 1 atom stereocenters. The van der Waals surface area contributed by atoms with Crippen molar-refractivity contribution in [3.63, 3.8) is 0 Å². The van der Waals surface area contributed by atoms with Crippen molar-refractivity contribution < 1.29 is 4.79 Å². The second kappa shape index (κ2) is 7.49. The summed E-state index contributed by atoms with van der Waals surface area (Å²) in [5, 5.41) is 11.9. The fourth-order valence-corrected chi connectivity index (χ4v) is 1.70. The summed E-state index contributed by atoms with van der Waals surface area (Å²) in [5.41, 5.74) is 2.25. The summed E-state index contributed by atoms with van der Waals surface area (Å²) < 4.78 is 0. The first-order valence-electron chi connectivity index (χ1n) is 7.00. The second-order valence-electron chi connectivity index (χ2n) is 5.27. The second-order valence-corrected chi connectivity index (χ2v) is 5.27. The molecule has 0 saturated heterocycles. The molecule has 0 aromatic heterocycles. The number of amides is 1. The highest BCUT2D eigenvalue weighted by atomic mass is 16.1. The first-order chi connectivity index (χ1) is 9.47. The third-order valence-electron chi connectivity index (χ3n) is 3.27. The number of nitriles is 1. The van der Waals surface area contributed by atoms with Gasteiger partial charge in [-0.1, -0.05) is 45.0 Å². The molecule has 1 aromatic carbocycles. The van der Waals surface area contributed by atoms with Gasteiger partial charge in [0.2, 0.25) is 0 Å². The van der Waals surface area contributed by atoms with E-state index in [0.717, 1.165) is 12.0 Å². The highest BCUT2D eigenvalue weighted by Gasteiger charge is 2.11. The van der Waals surface area contributed by atoms with Gasteiger partial charge in [0.05, 0.1) is 0 Å². The predicted octanol–water partition coefficient (Wildman–Crippen LogP) is 3.63. The SMILES string of the molecule is CC[C@@H](C)NC(=O)/C(C#N)=C/c1ccc(C(C)C)cc1. The van der Waals surface area contributed by atoms with Crippen molar-refractivity contribution in [2.45, 2.75) is 46.1 Å². The Kier molecular flexibility index (Phi) is 5.99. The van der Waals surface area contributed by atoms with Crippen LogP contribution in [0, 0.1) is 11.3 Å². The highest BCUT2D eigenvalue weighted by molar-refractivity contribution is 6.01. The Bertz CT molecular complexity index is 521. The fraction of sp³-hybridized carbons (Fsp3) is 0.412. The first-order valence-corrected chi connectivity index (χ1v) is 7.00. The summed E-state index contributed by atoms with van der Waals surface area (Å²) in [6.45, 7) is 8.17. The van der Waals surface area contributed by atoms with Gasteiger partial charge in [0, 0.05) is 6.04 Å². The van der Waals surface area contributed by atoms with Gasteiger partial charge in [-0.05, 0) is 36.5 Å². The molecule has 20 heavy (non-hydrogen) atoms. The van der Waals surface area contributed by atoms with E-state index in [0.29, 0.717) is 5.92 Å². The maximum absolute atomic E-state index is 11.9. The molecule has 0 unspecified atom stereocenters. The van der Waals surface area contributed by atoms with E-state index < -0.39 is 0 Å². The maximum atomic E-state index is 11.9. The average molecular weight is 270 g/mol. The van der Waals surface area contributed by atoms with E-state index in [-0.39, 0.29) is 17.5 Å². The summed E-state index contributed by atoms with van der Waals surface area (Å²) in [5.74, 6) is 0.159. The smallest absolute Gasteiger partial charge is 0.262 e. The lowest BCUT2D eigenvalue weighted by Gasteiger charge is -2.10. The van der Waals surface area contributed by atoms with Gasteiger partial charge in [0.15, 0.2) is 0 Å². The van der Waals surface area contributed by atoms with E-state index >= 15 is 0 Å². The van der Waals surface area contributed by atoms with E-state index in [1.54, 1.807) is 6.08 Å². The van der Waals surface area contributed by atoms with Gasteiger partial charge in [-0.25, -0.2) is 0 Å². The van der Waals surface area contributed by atoms with Gasteiger partial charge in [-0.3, -0.25) is 4.79 Å². The van der Waals surface area contributed by atoms with Crippen LogP contribution < -0.4 is 5.32 Å². The zero-order chi connectivity index (χ0) is 15.1. The Hall–Kier alpha value is -2.08. The number of rotatable bonds is 5. The van der Waals surface area contributed by atoms with Crippen LogP contribution in [0.3, 0.4) is 0 Å². The third-order valence-corrected chi connectivity index (χ3v) is 3.27. The van der Waals surface area contributed by atoms with Gasteiger partial charge < -0.3 is 5.32 Å². The van der Waals surface area contributed by atoms with E-state index in [9.17, 15) is 4.79 Å². The van der Waals surface area contributed by atoms with Gasteiger partial charge in [-0.15, -0.1) is 0 Å². The highest BCUT2D eigenvalue weighted by Crippen LogP contribution is 2.16. The molecule has 3 heteroatoms. The number of hydrogen-bond acceptors (Lipinski definition) is 2. The van der Waals surface area contributed by atoms with E-state index in [1.807, 2.05) is 44.2 Å². The summed E-state index contributed by atoms with van der Waals surface area (Å²) in [4.78, 5) is 11.9. The summed E-state index contributed by atoms with van der Waals surface area (Å²) in [7, 11) is 0. The Labute approximate surface area is 121 Å². The molecule has 1 N–H and O–H groups in total. The Morgan fingerprint density at radius 1 is 1.30 bits per heavy atom. The Morgan fingerprint density at radius 2 is 1.90 bits per heavy atom. The molecule has 0 fully saturated rings. The Morgan fingerprint density at radius 3 is 2.35 bits per heavy atom. The van der Waals surface area contributed by atoms with Crippen molar-refractivity contribution in [3.8, 4) is 6.07 Å². The lowest BCUT2D eigenvalue weighted by molar-refractivity contribution is -0.117. The number of carbonyl (C=O) groups is 1. The number of nitrogens with zero attached hydrogens (tertiary/aromatic N) is 1. The number of carbonyl (C=O) groups excluding carboxylic acids is 1. The van der Waals surface area contributed by atoms with Crippen molar-refractivity contribution in [3.05, 3.63) is 41.0 Å². The summed E-state index contributed by atoms with van der Waals surface area (Å²) in [6, 6.07) is 9.96. The summed E-state index contributed by atoms with van der Waals surface area (Å²) >= 11 is 0. The zero-order valence-electron chi connectivity index (χ0n) is 12.6. The van der Waals surface area contributed by atoms with Crippen LogP contribution in [-0.2, 0) is 4.79 Å². The number of hydrogen-bond donors (Lipinski definition) is 1. The van der Waals surface area contributed by atoms with Crippen molar-refractivity contribution in [2.24, 2.45) is 0 Å². The van der Waals surface area contributed by atoms with Gasteiger partial charge in [0.25, 0.3) is 5.91 Å². The van der Waals surface area contributed by atoms with Crippen LogP contribution in [0.5, 0.6) is 0 Å². The van der Waals surface area contributed by atoms with Crippen LogP contribution >= 0.6 is 0 Å². The quantitative estimate of drug-likeness (QED) is 0.656. The molecule has 0 aliphatic carbocycles. The van der Waals surface area contributed by atoms with E-state index in [1.165, 1.54) is 5.56 Å². The van der Waals surface area contributed by atoms with Crippen molar-refractivity contribution >= 4 is 12.0 Å². The van der Waals surface area contributed by atoms with Crippen molar-refractivity contribution in [2.75, 3.05) is 0 Å². The molecule has 0 heterocycles. The molecule has 1 aromatic rings. The molecular formula is C17H22N2O. The monoisotopic (exact) mass is 270 g/mol. The molecular weight excluding hydrogens is 248 g/mol. The molecule has 0 aliphatic heterocycles. The van der Waals surface area contributed by atoms with Crippen LogP contribution in [0.4, 0.5) is 0 Å². The normalized spacial score (nSPS) is 12.9. The van der Waals surface area contributed by atoms with Crippen LogP contribution in [0.1, 0.15) is 51.2 Å². The van der Waals surface area contributed by atoms with Crippen LogP contribution in [0.15, 0.2) is 29.8 Å². The third kappa shape index (κ3) is 4.55. The lowest BCUT2D eigenvalue weighted by Crippen LogP contribution is -2.32. The predicted molar refractivity (Wildman–Crippen MR) is 82.0 cm³/mol. The molecule has 106 valence electrons. The molecule has 0 radical (unpaired) electrons. The molecule has 1 rings (SSSR count). The number of nitrogens with one attached hydrogen (secondary N) is 1. The van der Waals surface area contributed by atoms with Crippen molar-refractivity contribution in [1.29, 1.82) is 5.26 Å². The number of benzene rings is 1. The van der Waals surface area contributed by atoms with E-state index in [4.69, 9.17) is 5.26 Å². The summed E-state index contributed by atoms with van der Waals surface area (Å²) in [6.07, 6.45) is 2.47. The molecule has 0 saturated carbocycles. The van der Waals surface area contributed by atoms with Crippen LogP contribution in [0.2, 0.25) is 0 Å². The minimum Gasteiger partial charge on any atom is -0.349 e.